The van der Waals surface area contributed by atoms with Crippen molar-refractivity contribution in [3.05, 3.63) is 69.7 Å². The number of nitrogens with zero attached hydrogens (tertiary/aromatic N) is 1. The van der Waals surface area contributed by atoms with E-state index in [2.05, 4.69) is 0 Å². The number of rotatable bonds is 4. The molecular weight excluding hydrogens is 373 g/mol. The first kappa shape index (κ1) is 18.7. The first-order valence-electron chi connectivity index (χ1n) is 8.37. The molecule has 3 rings (SSSR count). The van der Waals surface area contributed by atoms with Crippen LogP contribution in [0.1, 0.15) is 35.9 Å². The summed E-state index contributed by atoms with van der Waals surface area (Å²) >= 11 is 12.2. The first-order valence-corrected chi connectivity index (χ1v) is 9.12. The van der Waals surface area contributed by atoms with E-state index in [1.165, 1.54) is 7.11 Å². The fraction of sp³-hybridized carbons (Fsp3) is 0.300. The lowest BCUT2D eigenvalue weighted by Crippen LogP contribution is -2.44. The number of hydrogen-bond acceptors (Lipinski definition) is 3. The Morgan fingerprint density at radius 1 is 1.12 bits per heavy atom. The molecule has 1 aliphatic heterocycles. The highest BCUT2D eigenvalue weighted by Crippen LogP contribution is 2.43. The van der Waals surface area contributed by atoms with Gasteiger partial charge in [-0.15, -0.1) is 0 Å². The van der Waals surface area contributed by atoms with Gasteiger partial charge in [-0.1, -0.05) is 47.5 Å². The highest BCUT2D eigenvalue weighted by atomic mass is 35.5. The molecule has 2 atom stereocenters. The van der Waals surface area contributed by atoms with Crippen LogP contribution in [0.2, 0.25) is 10.0 Å². The average molecular weight is 392 g/mol. The molecule has 6 heteroatoms. The summed E-state index contributed by atoms with van der Waals surface area (Å²) < 4.78 is 4.79. The van der Waals surface area contributed by atoms with Gasteiger partial charge in [-0.3, -0.25) is 9.59 Å². The second-order valence-electron chi connectivity index (χ2n) is 6.29. The third-order valence-corrected chi connectivity index (χ3v) is 5.21. The topological polar surface area (TPSA) is 46.6 Å². The van der Waals surface area contributed by atoms with Gasteiger partial charge in [-0.05, 0) is 41.8 Å². The van der Waals surface area contributed by atoms with E-state index in [9.17, 15) is 9.59 Å². The van der Waals surface area contributed by atoms with Gasteiger partial charge in [0.1, 0.15) is 6.54 Å². The summed E-state index contributed by atoms with van der Waals surface area (Å²) in [6, 6.07) is 14.7. The SMILES string of the molecule is COC(=O)CN1C(=O)CC[C@H](c2cccc(Cl)c2)[C@H]1c1ccc(Cl)cc1. The Kier molecular flexibility index (Phi) is 5.84. The molecule has 1 fully saturated rings. The monoisotopic (exact) mass is 391 g/mol. The molecule has 0 spiro atoms. The zero-order valence-electron chi connectivity index (χ0n) is 14.3. The molecule has 26 heavy (non-hydrogen) atoms. The van der Waals surface area contributed by atoms with Crippen LogP contribution in [0.4, 0.5) is 0 Å². The third kappa shape index (κ3) is 4.02. The summed E-state index contributed by atoms with van der Waals surface area (Å²) in [4.78, 5) is 26.1. The number of amides is 1. The number of benzene rings is 2. The zero-order valence-corrected chi connectivity index (χ0v) is 15.8. The zero-order chi connectivity index (χ0) is 18.7. The van der Waals surface area contributed by atoms with Crippen molar-refractivity contribution in [3.63, 3.8) is 0 Å². The van der Waals surface area contributed by atoms with E-state index in [4.69, 9.17) is 27.9 Å². The van der Waals surface area contributed by atoms with Crippen LogP contribution in [0.25, 0.3) is 0 Å². The van der Waals surface area contributed by atoms with Crippen LogP contribution in [0, 0.1) is 0 Å². The number of likely N-dealkylation sites (tertiary alicyclic amines) is 1. The minimum absolute atomic E-state index is 0.0252. The largest absolute Gasteiger partial charge is 0.468 e. The van der Waals surface area contributed by atoms with Crippen LogP contribution in [0.3, 0.4) is 0 Å². The molecule has 0 aliphatic carbocycles. The Hall–Kier alpha value is -2.04. The van der Waals surface area contributed by atoms with Gasteiger partial charge in [0, 0.05) is 22.4 Å². The van der Waals surface area contributed by atoms with Crippen molar-refractivity contribution < 1.29 is 14.3 Å². The molecule has 0 saturated carbocycles. The van der Waals surface area contributed by atoms with Crippen LogP contribution in [-0.2, 0) is 14.3 Å². The third-order valence-electron chi connectivity index (χ3n) is 4.72. The Bertz CT molecular complexity index is 807. The number of halogens is 2. The van der Waals surface area contributed by atoms with E-state index in [-0.39, 0.29) is 24.4 Å². The minimum Gasteiger partial charge on any atom is -0.468 e. The molecular formula is C20H19Cl2NO3. The number of ether oxygens (including phenoxy) is 1. The maximum Gasteiger partial charge on any atom is 0.325 e. The Labute approximate surface area is 162 Å². The highest BCUT2D eigenvalue weighted by Gasteiger charge is 2.38. The van der Waals surface area contributed by atoms with Gasteiger partial charge >= 0.3 is 5.97 Å². The molecule has 0 bridgehead atoms. The second-order valence-corrected chi connectivity index (χ2v) is 7.17. The molecule has 0 N–H and O–H groups in total. The van der Waals surface area contributed by atoms with E-state index < -0.39 is 5.97 Å². The fourth-order valence-electron chi connectivity index (χ4n) is 3.50. The number of esters is 1. The maximum absolute atomic E-state index is 12.6. The van der Waals surface area contributed by atoms with Crippen LogP contribution >= 0.6 is 23.2 Å². The normalized spacial score (nSPS) is 20.1. The van der Waals surface area contributed by atoms with Crippen LogP contribution in [0.15, 0.2) is 48.5 Å². The van der Waals surface area contributed by atoms with E-state index >= 15 is 0 Å². The van der Waals surface area contributed by atoms with Crippen LogP contribution in [0.5, 0.6) is 0 Å². The molecule has 4 nitrogen and oxygen atoms in total. The van der Waals surface area contributed by atoms with Crippen molar-refractivity contribution in [2.45, 2.75) is 24.8 Å². The number of piperidine rings is 1. The van der Waals surface area contributed by atoms with Gasteiger partial charge in [0.15, 0.2) is 0 Å². The van der Waals surface area contributed by atoms with E-state index in [1.807, 2.05) is 36.4 Å². The highest BCUT2D eigenvalue weighted by molar-refractivity contribution is 6.30. The number of hydrogen-bond donors (Lipinski definition) is 0. The van der Waals surface area contributed by atoms with Crippen LogP contribution < -0.4 is 0 Å². The molecule has 136 valence electrons. The summed E-state index contributed by atoms with van der Waals surface area (Å²) in [5, 5.41) is 1.27. The van der Waals surface area contributed by atoms with Gasteiger partial charge in [0.05, 0.1) is 13.2 Å². The molecule has 2 aromatic carbocycles. The van der Waals surface area contributed by atoms with Gasteiger partial charge in [0.25, 0.3) is 0 Å². The lowest BCUT2D eigenvalue weighted by atomic mass is 9.80. The Balaban J connectivity index is 2.05. The summed E-state index contributed by atoms with van der Waals surface area (Å²) in [5.41, 5.74) is 1.97. The van der Waals surface area contributed by atoms with Crippen LogP contribution in [-0.4, -0.2) is 30.4 Å². The molecule has 0 aromatic heterocycles. The van der Waals surface area contributed by atoms with Gasteiger partial charge in [-0.25, -0.2) is 0 Å². The quantitative estimate of drug-likeness (QED) is 0.714. The smallest absolute Gasteiger partial charge is 0.325 e. The predicted octanol–water partition coefficient (Wildman–Crippen LogP) is 4.61. The standard InChI is InChI=1S/C20H19Cl2NO3/c1-26-19(25)12-23-18(24)10-9-17(14-3-2-4-16(22)11-14)20(23)13-5-7-15(21)8-6-13/h2-8,11,17,20H,9-10,12H2,1H3/t17-,20-/m1/s1. The fourth-order valence-corrected chi connectivity index (χ4v) is 3.83. The van der Waals surface area contributed by atoms with Crippen molar-refractivity contribution in [3.8, 4) is 0 Å². The molecule has 1 heterocycles. The number of carbonyl (C=O) groups is 2. The molecule has 1 amide bonds. The number of carbonyl (C=O) groups excluding carboxylic acids is 2. The van der Waals surface area contributed by atoms with Crippen molar-refractivity contribution in [2.75, 3.05) is 13.7 Å². The lowest BCUT2D eigenvalue weighted by Gasteiger charge is -2.41. The van der Waals surface area contributed by atoms with Gasteiger partial charge in [-0.2, -0.15) is 0 Å². The Morgan fingerprint density at radius 2 is 1.85 bits per heavy atom. The summed E-state index contributed by atoms with van der Waals surface area (Å²) in [7, 11) is 1.32. The Morgan fingerprint density at radius 3 is 2.50 bits per heavy atom. The van der Waals surface area contributed by atoms with Crippen molar-refractivity contribution in [1.29, 1.82) is 0 Å². The molecule has 2 aromatic rings. The first-order chi connectivity index (χ1) is 12.5. The number of methoxy groups -OCH3 is 1. The molecule has 1 aliphatic rings. The average Bonchev–Trinajstić information content (AvgIpc) is 2.64. The predicted molar refractivity (Wildman–Crippen MR) is 101 cm³/mol. The molecule has 1 saturated heterocycles. The summed E-state index contributed by atoms with van der Waals surface area (Å²) in [5.74, 6) is -0.477. The van der Waals surface area contributed by atoms with Gasteiger partial charge in [0.2, 0.25) is 5.91 Å². The molecule has 0 unspecified atom stereocenters. The van der Waals surface area contributed by atoms with Crippen molar-refractivity contribution in [1.82, 2.24) is 4.90 Å². The van der Waals surface area contributed by atoms with E-state index in [0.29, 0.717) is 22.9 Å². The summed E-state index contributed by atoms with van der Waals surface area (Å²) in [6.07, 6.45) is 1.06. The summed E-state index contributed by atoms with van der Waals surface area (Å²) in [6.45, 7) is -0.0836. The second kappa shape index (κ2) is 8.11. The lowest BCUT2D eigenvalue weighted by molar-refractivity contribution is -0.150. The maximum atomic E-state index is 12.6. The molecule has 0 radical (unpaired) electrons. The van der Waals surface area contributed by atoms with Crippen molar-refractivity contribution in [2.24, 2.45) is 0 Å². The van der Waals surface area contributed by atoms with E-state index in [1.54, 1.807) is 17.0 Å². The van der Waals surface area contributed by atoms with Gasteiger partial charge < -0.3 is 9.64 Å². The van der Waals surface area contributed by atoms with Crippen molar-refractivity contribution >= 4 is 35.1 Å². The van der Waals surface area contributed by atoms with E-state index in [0.717, 1.165) is 11.1 Å². The minimum atomic E-state index is -0.441.